The van der Waals surface area contributed by atoms with Gasteiger partial charge in [0.25, 0.3) is 5.91 Å². The van der Waals surface area contributed by atoms with Crippen LogP contribution >= 0.6 is 47.2 Å². The first kappa shape index (κ1) is 21.4. The Kier molecular flexibility index (Phi) is 6.33. The molecule has 0 spiro atoms. The van der Waals surface area contributed by atoms with Gasteiger partial charge in [0.05, 0.1) is 32.2 Å². The Balaban J connectivity index is 2.01. The molecule has 29 heavy (non-hydrogen) atoms. The van der Waals surface area contributed by atoms with Gasteiger partial charge >= 0.3 is 5.69 Å². The summed E-state index contributed by atoms with van der Waals surface area (Å²) >= 11 is 18.3. The SMILES string of the molecule is CCOc1cc(/C=C2/SC(=S)N(c3ccc(Cl)c(Cl)c3)C2=O)cc([N+](=O)[O-])c1O. The number of carbonyl (C=O) groups is 1. The van der Waals surface area contributed by atoms with Crippen molar-refractivity contribution in [2.24, 2.45) is 0 Å². The predicted molar refractivity (Wildman–Crippen MR) is 118 cm³/mol. The van der Waals surface area contributed by atoms with Crippen molar-refractivity contribution >= 4 is 74.9 Å². The van der Waals surface area contributed by atoms with Crippen molar-refractivity contribution < 1.29 is 19.6 Å². The van der Waals surface area contributed by atoms with Crippen LogP contribution in [0.3, 0.4) is 0 Å². The number of carbonyl (C=O) groups excluding carboxylic acids is 1. The molecule has 150 valence electrons. The number of hydrogen-bond acceptors (Lipinski definition) is 7. The number of nitro benzene ring substituents is 1. The summed E-state index contributed by atoms with van der Waals surface area (Å²) in [4.78, 5) is 24.9. The van der Waals surface area contributed by atoms with E-state index in [1.165, 1.54) is 23.1 Å². The lowest BCUT2D eigenvalue weighted by Gasteiger charge is -2.15. The molecule has 0 bridgehead atoms. The Bertz CT molecular complexity index is 1070. The van der Waals surface area contributed by atoms with Crippen molar-refractivity contribution in [3.05, 3.63) is 61.0 Å². The molecule has 2 aromatic carbocycles. The lowest BCUT2D eigenvalue weighted by Crippen LogP contribution is -2.27. The zero-order valence-electron chi connectivity index (χ0n) is 14.7. The van der Waals surface area contributed by atoms with Crippen molar-refractivity contribution in [1.82, 2.24) is 0 Å². The van der Waals surface area contributed by atoms with Crippen LogP contribution in [0.25, 0.3) is 6.08 Å². The summed E-state index contributed by atoms with van der Waals surface area (Å²) in [6.45, 7) is 1.88. The van der Waals surface area contributed by atoms with Crippen molar-refractivity contribution in [3.8, 4) is 11.5 Å². The molecular formula is C18H12Cl2N2O5S2. The molecule has 0 saturated carbocycles. The number of aromatic hydroxyl groups is 1. The van der Waals surface area contributed by atoms with Crippen molar-refractivity contribution in [2.75, 3.05) is 11.5 Å². The van der Waals surface area contributed by atoms with Gasteiger partial charge in [-0.3, -0.25) is 19.8 Å². The number of phenolic OH excluding ortho intramolecular Hbond substituents is 1. The monoisotopic (exact) mass is 470 g/mol. The van der Waals surface area contributed by atoms with Crippen molar-refractivity contribution in [2.45, 2.75) is 6.92 Å². The molecule has 0 aromatic heterocycles. The Morgan fingerprint density at radius 2 is 2.03 bits per heavy atom. The number of phenols is 1. The molecule has 3 rings (SSSR count). The van der Waals surface area contributed by atoms with Crippen LogP contribution in [0.5, 0.6) is 11.5 Å². The van der Waals surface area contributed by atoms with Crippen LogP contribution in [-0.4, -0.2) is 26.9 Å². The summed E-state index contributed by atoms with van der Waals surface area (Å²) in [6, 6.07) is 7.26. The summed E-state index contributed by atoms with van der Waals surface area (Å²) in [5.41, 5.74) is 0.242. The van der Waals surface area contributed by atoms with E-state index >= 15 is 0 Å². The van der Waals surface area contributed by atoms with Crippen molar-refractivity contribution in [1.29, 1.82) is 0 Å². The summed E-state index contributed by atoms with van der Waals surface area (Å²) in [6.07, 6.45) is 1.45. The van der Waals surface area contributed by atoms with E-state index in [0.717, 1.165) is 17.8 Å². The first-order valence-corrected chi connectivity index (χ1v) is 10.1. The first-order valence-electron chi connectivity index (χ1n) is 8.10. The maximum atomic E-state index is 12.9. The predicted octanol–water partition coefficient (Wildman–Crippen LogP) is 5.41. The van der Waals surface area contributed by atoms with Gasteiger partial charge in [0.1, 0.15) is 0 Å². The third kappa shape index (κ3) is 4.32. The van der Waals surface area contributed by atoms with Gasteiger partial charge in [-0.1, -0.05) is 47.2 Å². The fourth-order valence-corrected chi connectivity index (χ4v) is 4.16. The third-order valence-corrected chi connectivity index (χ3v) is 5.87. The zero-order valence-corrected chi connectivity index (χ0v) is 17.9. The lowest BCUT2D eigenvalue weighted by molar-refractivity contribution is -0.386. The molecule has 0 atom stereocenters. The van der Waals surface area contributed by atoms with E-state index in [9.17, 15) is 20.0 Å². The van der Waals surface area contributed by atoms with Crippen molar-refractivity contribution in [3.63, 3.8) is 0 Å². The average molecular weight is 471 g/mol. The number of anilines is 1. The molecule has 0 aliphatic carbocycles. The third-order valence-electron chi connectivity index (χ3n) is 3.83. The highest BCUT2D eigenvalue weighted by atomic mass is 35.5. The van der Waals surface area contributed by atoms with E-state index in [0.29, 0.717) is 16.3 Å². The van der Waals surface area contributed by atoms with Gasteiger partial charge in [-0.05, 0) is 42.8 Å². The summed E-state index contributed by atoms with van der Waals surface area (Å²) < 4.78 is 5.53. The number of rotatable bonds is 5. The molecule has 7 nitrogen and oxygen atoms in total. The fourth-order valence-electron chi connectivity index (χ4n) is 2.57. The average Bonchev–Trinajstić information content (AvgIpc) is 2.93. The number of hydrogen-bond donors (Lipinski definition) is 1. The largest absolute Gasteiger partial charge is 0.500 e. The molecule has 2 aromatic rings. The number of halogens is 2. The van der Waals surface area contributed by atoms with Crippen LogP contribution in [0, 0.1) is 10.1 Å². The number of nitrogens with zero attached hydrogens (tertiary/aromatic N) is 2. The number of benzene rings is 2. The Hall–Kier alpha value is -2.33. The Labute approximate surface area is 185 Å². The van der Waals surface area contributed by atoms with Crippen LogP contribution in [-0.2, 0) is 4.79 Å². The zero-order chi connectivity index (χ0) is 21.3. The van der Waals surface area contributed by atoms with Gasteiger partial charge < -0.3 is 9.84 Å². The van der Waals surface area contributed by atoms with E-state index in [-0.39, 0.29) is 26.6 Å². The van der Waals surface area contributed by atoms with Gasteiger partial charge in [-0.25, -0.2) is 0 Å². The second kappa shape index (κ2) is 8.58. The summed E-state index contributed by atoms with van der Waals surface area (Å²) in [5.74, 6) is -1.03. The minimum atomic E-state index is -0.726. The highest BCUT2D eigenvalue weighted by molar-refractivity contribution is 8.27. The number of thioether (sulfide) groups is 1. The van der Waals surface area contributed by atoms with Crippen LogP contribution < -0.4 is 9.64 Å². The smallest absolute Gasteiger partial charge is 0.315 e. The molecule has 1 saturated heterocycles. The quantitative estimate of drug-likeness (QED) is 0.270. The van der Waals surface area contributed by atoms with Crippen LogP contribution in [0.4, 0.5) is 11.4 Å². The second-order valence-corrected chi connectivity index (χ2v) is 8.18. The molecule has 0 unspecified atom stereocenters. The topological polar surface area (TPSA) is 92.9 Å². The molecular weight excluding hydrogens is 459 g/mol. The number of ether oxygens (including phenoxy) is 1. The van der Waals surface area contributed by atoms with Gasteiger partial charge in [0.2, 0.25) is 5.75 Å². The van der Waals surface area contributed by atoms with Crippen LogP contribution in [0.2, 0.25) is 10.0 Å². The molecule has 1 aliphatic heterocycles. The van der Waals surface area contributed by atoms with Gasteiger partial charge in [0.15, 0.2) is 10.1 Å². The van der Waals surface area contributed by atoms with Gasteiger partial charge in [-0.2, -0.15) is 0 Å². The first-order chi connectivity index (χ1) is 13.7. The van der Waals surface area contributed by atoms with E-state index in [2.05, 4.69) is 0 Å². The van der Waals surface area contributed by atoms with E-state index in [1.54, 1.807) is 19.1 Å². The van der Waals surface area contributed by atoms with E-state index in [1.807, 2.05) is 0 Å². The number of amides is 1. The minimum Gasteiger partial charge on any atom is -0.500 e. The summed E-state index contributed by atoms with van der Waals surface area (Å²) in [5, 5.41) is 21.8. The Morgan fingerprint density at radius 1 is 1.31 bits per heavy atom. The fraction of sp³-hybridized carbons (Fsp3) is 0.111. The van der Waals surface area contributed by atoms with E-state index in [4.69, 9.17) is 40.2 Å². The van der Waals surface area contributed by atoms with E-state index < -0.39 is 22.3 Å². The highest BCUT2D eigenvalue weighted by Crippen LogP contribution is 2.41. The molecule has 1 fully saturated rings. The Morgan fingerprint density at radius 3 is 2.66 bits per heavy atom. The molecule has 1 amide bonds. The standard InChI is InChI=1S/C18H12Cl2N2O5S2/c1-2-27-14-6-9(5-13(16(14)23)22(25)26)7-15-17(24)21(18(28)29-15)10-3-4-11(19)12(20)8-10/h3-8,23H,2H2,1H3/b15-7+. The van der Waals surface area contributed by atoms with Crippen LogP contribution in [0.15, 0.2) is 35.2 Å². The maximum Gasteiger partial charge on any atom is 0.315 e. The molecule has 11 heteroatoms. The minimum absolute atomic E-state index is 0.0482. The molecule has 1 heterocycles. The van der Waals surface area contributed by atoms with Gasteiger partial charge in [-0.15, -0.1) is 0 Å². The summed E-state index contributed by atoms with van der Waals surface area (Å²) in [7, 11) is 0. The van der Waals surface area contributed by atoms with Crippen LogP contribution in [0.1, 0.15) is 12.5 Å². The van der Waals surface area contributed by atoms with Gasteiger partial charge in [0, 0.05) is 6.07 Å². The number of nitro groups is 1. The normalized spacial score (nSPS) is 15.3. The number of thiocarbonyl (C=S) groups is 1. The maximum absolute atomic E-state index is 12.9. The lowest BCUT2D eigenvalue weighted by atomic mass is 10.1. The highest BCUT2D eigenvalue weighted by Gasteiger charge is 2.34. The second-order valence-electron chi connectivity index (χ2n) is 5.69. The molecule has 1 N–H and O–H groups in total. The molecule has 1 aliphatic rings. The molecule has 0 radical (unpaired) electrons.